The summed E-state index contributed by atoms with van der Waals surface area (Å²) in [5, 5.41) is 29.6. The maximum Gasteiger partial charge on any atom is 0.160 e. The molecule has 0 saturated heterocycles. The van der Waals surface area contributed by atoms with Gasteiger partial charge in [-0.3, -0.25) is 5.41 Å². The third kappa shape index (κ3) is 3.67. The number of rotatable bonds is 3. The molecule has 1 rings (SSSR count). The van der Waals surface area contributed by atoms with Gasteiger partial charge in [-0.1, -0.05) is 6.07 Å². The summed E-state index contributed by atoms with van der Waals surface area (Å²) in [4.78, 5) is 0. The van der Waals surface area contributed by atoms with E-state index < -0.39 is 6.10 Å². The maximum atomic E-state index is 9.85. The number of nitrogens with one attached hydrogen (secondary N) is 2. The number of hydrogen-bond donors (Lipinski definition) is 4. The Hall–Kier alpha value is -1.33. The smallest absolute Gasteiger partial charge is 0.160 e. The van der Waals surface area contributed by atoms with Crippen LogP contribution >= 0.6 is 0 Å². The van der Waals surface area contributed by atoms with Gasteiger partial charge >= 0.3 is 0 Å². The van der Waals surface area contributed by atoms with E-state index in [9.17, 15) is 10.3 Å². The van der Waals surface area contributed by atoms with E-state index in [1.54, 1.807) is 6.07 Å². The summed E-state index contributed by atoms with van der Waals surface area (Å²) in [5.74, 6) is 0. The SMILES string of the molecule is CC(C)(C)NC[C@H](O)c1ccc(=N)n(O)c1. The van der Waals surface area contributed by atoms with E-state index in [2.05, 4.69) is 5.32 Å². The van der Waals surface area contributed by atoms with Gasteiger partial charge in [0, 0.05) is 17.6 Å². The second-order valence-electron chi connectivity index (χ2n) is 4.84. The summed E-state index contributed by atoms with van der Waals surface area (Å²) >= 11 is 0. The summed E-state index contributed by atoms with van der Waals surface area (Å²) in [7, 11) is 0. The molecule has 0 amide bonds. The normalized spacial score (nSPS) is 13.8. The van der Waals surface area contributed by atoms with Crippen molar-refractivity contribution in [2.45, 2.75) is 32.4 Å². The molecule has 5 heteroatoms. The molecule has 90 valence electrons. The van der Waals surface area contributed by atoms with E-state index in [4.69, 9.17) is 5.41 Å². The van der Waals surface area contributed by atoms with Gasteiger partial charge in [0.25, 0.3) is 0 Å². The lowest BCUT2D eigenvalue weighted by atomic mass is 10.1. The average Bonchev–Trinajstić information content (AvgIpc) is 2.17. The zero-order valence-electron chi connectivity index (χ0n) is 9.86. The van der Waals surface area contributed by atoms with Crippen molar-refractivity contribution in [2.24, 2.45) is 0 Å². The molecule has 1 aromatic rings. The molecule has 4 N–H and O–H groups in total. The molecule has 0 bridgehead atoms. The summed E-state index contributed by atoms with van der Waals surface area (Å²) in [5.41, 5.74) is 0.501. The van der Waals surface area contributed by atoms with Crippen molar-refractivity contribution < 1.29 is 10.3 Å². The van der Waals surface area contributed by atoms with Gasteiger partial charge in [0.05, 0.1) is 12.3 Å². The number of nitrogens with zero attached hydrogens (tertiary/aromatic N) is 1. The Kier molecular flexibility index (Phi) is 3.72. The molecule has 1 aromatic heterocycles. The molecule has 0 saturated carbocycles. The predicted octanol–water partition coefficient (Wildman–Crippen LogP) is 0.626. The van der Waals surface area contributed by atoms with Crippen LogP contribution in [0.3, 0.4) is 0 Å². The fourth-order valence-corrected chi connectivity index (χ4v) is 1.22. The molecule has 1 heterocycles. The van der Waals surface area contributed by atoms with E-state index >= 15 is 0 Å². The lowest BCUT2D eigenvalue weighted by Gasteiger charge is -2.23. The number of β-amino-alcohol motifs (C(OH)–C–C–N with tert-alkyl or cyclic N) is 1. The van der Waals surface area contributed by atoms with E-state index in [1.165, 1.54) is 12.3 Å². The molecule has 0 aromatic carbocycles. The first kappa shape index (κ1) is 12.7. The zero-order valence-corrected chi connectivity index (χ0v) is 9.86. The van der Waals surface area contributed by atoms with Crippen molar-refractivity contribution in [1.82, 2.24) is 10.0 Å². The maximum absolute atomic E-state index is 9.85. The minimum Gasteiger partial charge on any atom is -0.427 e. The molecule has 16 heavy (non-hydrogen) atoms. The summed E-state index contributed by atoms with van der Waals surface area (Å²) < 4.78 is 0.690. The molecule has 0 spiro atoms. The van der Waals surface area contributed by atoms with Gasteiger partial charge in [0.2, 0.25) is 0 Å². The third-order valence-electron chi connectivity index (χ3n) is 2.16. The highest BCUT2D eigenvalue weighted by molar-refractivity contribution is 5.12. The number of aliphatic hydroxyl groups excluding tert-OH is 1. The quantitative estimate of drug-likeness (QED) is 0.569. The Morgan fingerprint density at radius 1 is 1.44 bits per heavy atom. The van der Waals surface area contributed by atoms with Gasteiger partial charge < -0.3 is 15.6 Å². The standard InChI is InChI=1S/C11H19N3O2/c1-11(2,3)13-6-9(15)8-4-5-10(12)14(16)7-8/h4-5,7,9,12-13,15-16H,6H2,1-3H3/t9-/m0/s1. The summed E-state index contributed by atoms with van der Waals surface area (Å²) in [6, 6.07) is 3.07. The summed E-state index contributed by atoms with van der Waals surface area (Å²) in [6.07, 6.45) is 0.648. The van der Waals surface area contributed by atoms with Crippen molar-refractivity contribution >= 4 is 0 Å². The minimum atomic E-state index is -0.696. The average molecular weight is 225 g/mol. The highest BCUT2D eigenvalue weighted by Crippen LogP contribution is 2.10. The third-order valence-corrected chi connectivity index (χ3v) is 2.16. The Morgan fingerprint density at radius 2 is 2.06 bits per heavy atom. The van der Waals surface area contributed by atoms with Gasteiger partial charge in [0.1, 0.15) is 0 Å². The van der Waals surface area contributed by atoms with Crippen molar-refractivity contribution in [3.8, 4) is 0 Å². The largest absolute Gasteiger partial charge is 0.427 e. The Morgan fingerprint density at radius 3 is 2.56 bits per heavy atom. The molecule has 0 unspecified atom stereocenters. The molecule has 5 nitrogen and oxygen atoms in total. The topological polar surface area (TPSA) is 81.3 Å². The first-order chi connectivity index (χ1) is 7.29. The van der Waals surface area contributed by atoms with Gasteiger partial charge in [0.15, 0.2) is 5.49 Å². The fourth-order valence-electron chi connectivity index (χ4n) is 1.22. The lowest BCUT2D eigenvalue weighted by molar-refractivity contribution is 0.146. The summed E-state index contributed by atoms with van der Waals surface area (Å²) in [6.45, 7) is 6.44. The molecule has 0 aliphatic rings. The Labute approximate surface area is 94.8 Å². The van der Waals surface area contributed by atoms with Crippen molar-refractivity contribution in [3.05, 3.63) is 29.4 Å². The van der Waals surface area contributed by atoms with Crippen LogP contribution in [0.4, 0.5) is 0 Å². The van der Waals surface area contributed by atoms with Crippen LogP contribution in [0, 0.1) is 5.41 Å². The predicted molar refractivity (Wildman–Crippen MR) is 60.2 cm³/mol. The molecule has 0 aliphatic carbocycles. The van der Waals surface area contributed by atoms with Gasteiger partial charge in [-0.25, -0.2) is 0 Å². The fraction of sp³-hybridized carbons (Fsp3) is 0.545. The first-order valence-electron chi connectivity index (χ1n) is 5.19. The molecule has 0 radical (unpaired) electrons. The Balaban J connectivity index is 2.70. The first-order valence-corrected chi connectivity index (χ1v) is 5.19. The molecule has 0 fully saturated rings. The van der Waals surface area contributed by atoms with E-state index in [0.29, 0.717) is 16.8 Å². The molecular formula is C11H19N3O2. The highest BCUT2D eigenvalue weighted by Gasteiger charge is 2.13. The van der Waals surface area contributed by atoms with Crippen LogP contribution in [-0.4, -0.2) is 27.1 Å². The second-order valence-corrected chi connectivity index (χ2v) is 4.84. The van der Waals surface area contributed by atoms with Crippen molar-refractivity contribution in [2.75, 3.05) is 6.54 Å². The second kappa shape index (κ2) is 4.67. The Bertz CT molecular complexity index is 406. The van der Waals surface area contributed by atoms with Crippen LogP contribution in [-0.2, 0) is 0 Å². The van der Waals surface area contributed by atoms with Crippen molar-refractivity contribution in [1.29, 1.82) is 5.41 Å². The number of pyridine rings is 1. The lowest BCUT2D eigenvalue weighted by Crippen LogP contribution is -2.38. The van der Waals surface area contributed by atoms with Crippen LogP contribution in [0.1, 0.15) is 32.4 Å². The van der Waals surface area contributed by atoms with Crippen LogP contribution < -0.4 is 10.8 Å². The number of aliphatic hydroxyl groups is 1. The molecule has 1 atom stereocenters. The van der Waals surface area contributed by atoms with Crippen LogP contribution in [0.15, 0.2) is 18.3 Å². The molecule has 0 aliphatic heterocycles. The van der Waals surface area contributed by atoms with Gasteiger partial charge in [-0.05, 0) is 26.8 Å². The molecular weight excluding hydrogens is 206 g/mol. The van der Waals surface area contributed by atoms with Crippen LogP contribution in [0.2, 0.25) is 0 Å². The van der Waals surface area contributed by atoms with Crippen LogP contribution in [0.5, 0.6) is 0 Å². The van der Waals surface area contributed by atoms with Gasteiger partial charge in [-0.2, -0.15) is 4.73 Å². The minimum absolute atomic E-state index is 0.0141. The van der Waals surface area contributed by atoms with Crippen LogP contribution in [0.25, 0.3) is 0 Å². The van der Waals surface area contributed by atoms with E-state index in [0.717, 1.165) is 0 Å². The zero-order chi connectivity index (χ0) is 12.3. The number of hydrogen-bond acceptors (Lipinski definition) is 4. The van der Waals surface area contributed by atoms with E-state index in [1.807, 2.05) is 20.8 Å². The van der Waals surface area contributed by atoms with Gasteiger partial charge in [-0.15, -0.1) is 0 Å². The monoisotopic (exact) mass is 225 g/mol. The highest BCUT2D eigenvalue weighted by atomic mass is 16.5. The van der Waals surface area contributed by atoms with Crippen molar-refractivity contribution in [3.63, 3.8) is 0 Å². The number of aromatic nitrogens is 1. The van der Waals surface area contributed by atoms with E-state index in [-0.39, 0.29) is 11.0 Å².